The van der Waals surface area contributed by atoms with Gasteiger partial charge in [-0.15, -0.1) is 0 Å². The maximum atomic E-state index is 9.03. The van der Waals surface area contributed by atoms with Gasteiger partial charge >= 0.3 is 0 Å². The summed E-state index contributed by atoms with van der Waals surface area (Å²) in [6.07, 6.45) is 3.79. The van der Waals surface area contributed by atoms with Crippen LogP contribution in [0.4, 0.5) is 0 Å². The Bertz CT molecular complexity index is 103. The monoisotopic (exact) mass is 114 g/mol. The van der Waals surface area contributed by atoms with E-state index in [4.69, 9.17) is 9.84 Å². The maximum Gasteiger partial charge on any atom is 0.0866 e. The minimum atomic E-state index is -0.0706. The second kappa shape index (κ2) is 1.45. The summed E-state index contributed by atoms with van der Waals surface area (Å²) in [5.41, 5.74) is 0. The van der Waals surface area contributed by atoms with Gasteiger partial charge in [0.25, 0.3) is 0 Å². The van der Waals surface area contributed by atoms with Crippen LogP contribution in [0.1, 0.15) is 19.3 Å². The van der Waals surface area contributed by atoms with Gasteiger partial charge in [0, 0.05) is 6.42 Å². The lowest BCUT2D eigenvalue weighted by atomic mass is 9.98. The van der Waals surface area contributed by atoms with Crippen LogP contribution in [0.25, 0.3) is 0 Å². The molecular formula is C6H10O2. The topological polar surface area (TPSA) is 32.8 Å². The third-order valence-electron chi connectivity index (χ3n) is 1.98. The number of rotatable bonds is 0. The Morgan fingerprint density at radius 2 is 2.12 bits per heavy atom. The van der Waals surface area contributed by atoms with Gasteiger partial charge in [0.05, 0.1) is 18.3 Å². The number of epoxide rings is 1. The predicted molar refractivity (Wildman–Crippen MR) is 28.5 cm³/mol. The van der Waals surface area contributed by atoms with Crippen LogP contribution in [0.2, 0.25) is 0 Å². The number of hydrogen-bond donors (Lipinski definition) is 1. The molecule has 0 aromatic heterocycles. The molecule has 2 aliphatic rings. The Labute approximate surface area is 48.5 Å². The number of hydrogen-bond acceptors (Lipinski definition) is 2. The quantitative estimate of drug-likeness (QED) is 0.459. The van der Waals surface area contributed by atoms with Crippen LogP contribution >= 0.6 is 0 Å². The molecule has 1 saturated heterocycles. The molecule has 2 nitrogen and oxygen atoms in total. The SMILES string of the molecule is OC1CC[C@@H]2O[C@H]2C1. The first-order valence-corrected chi connectivity index (χ1v) is 3.20. The normalized spacial score (nSPS) is 52.9. The average Bonchev–Trinajstić information content (AvgIpc) is 2.43. The molecule has 2 heteroatoms. The fourth-order valence-corrected chi connectivity index (χ4v) is 1.38. The highest BCUT2D eigenvalue weighted by Gasteiger charge is 2.43. The Morgan fingerprint density at radius 3 is 2.75 bits per heavy atom. The van der Waals surface area contributed by atoms with Crippen molar-refractivity contribution < 1.29 is 9.84 Å². The van der Waals surface area contributed by atoms with Crippen molar-refractivity contribution in [3.63, 3.8) is 0 Å². The first-order chi connectivity index (χ1) is 3.86. The molecule has 0 aromatic rings. The van der Waals surface area contributed by atoms with Crippen molar-refractivity contribution in [3.8, 4) is 0 Å². The van der Waals surface area contributed by atoms with Gasteiger partial charge in [-0.2, -0.15) is 0 Å². The second-order valence-corrected chi connectivity index (χ2v) is 2.68. The summed E-state index contributed by atoms with van der Waals surface area (Å²) in [5, 5.41) is 9.03. The molecule has 1 unspecified atom stereocenters. The number of ether oxygens (including phenoxy) is 1. The molecule has 1 aliphatic carbocycles. The Kier molecular flexibility index (Phi) is 0.866. The van der Waals surface area contributed by atoms with Gasteiger partial charge in [0.2, 0.25) is 0 Å². The Balaban J connectivity index is 1.93. The lowest BCUT2D eigenvalue weighted by Crippen LogP contribution is -2.17. The molecule has 46 valence electrons. The molecule has 2 rings (SSSR count). The minimum absolute atomic E-state index is 0.0706. The van der Waals surface area contributed by atoms with Crippen molar-refractivity contribution in [1.29, 1.82) is 0 Å². The summed E-state index contributed by atoms with van der Waals surface area (Å²) in [7, 11) is 0. The number of aliphatic hydroxyl groups excluding tert-OH is 1. The van der Waals surface area contributed by atoms with E-state index in [9.17, 15) is 0 Å². The fraction of sp³-hybridized carbons (Fsp3) is 1.00. The highest BCUT2D eigenvalue weighted by molar-refractivity contribution is 4.91. The van der Waals surface area contributed by atoms with Crippen molar-refractivity contribution >= 4 is 0 Å². The average molecular weight is 114 g/mol. The minimum Gasteiger partial charge on any atom is -0.393 e. The first kappa shape index (κ1) is 4.77. The number of aliphatic hydroxyl groups is 1. The van der Waals surface area contributed by atoms with Gasteiger partial charge in [-0.05, 0) is 12.8 Å². The third kappa shape index (κ3) is 0.644. The summed E-state index contributed by atoms with van der Waals surface area (Å²) in [5.74, 6) is 0. The van der Waals surface area contributed by atoms with Crippen molar-refractivity contribution in [3.05, 3.63) is 0 Å². The first-order valence-electron chi connectivity index (χ1n) is 3.20. The Morgan fingerprint density at radius 1 is 1.25 bits per heavy atom. The van der Waals surface area contributed by atoms with Crippen LogP contribution in [-0.4, -0.2) is 23.4 Å². The zero-order valence-corrected chi connectivity index (χ0v) is 4.71. The van der Waals surface area contributed by atoms with E-state index in [1.54, 1.807) is 0 Å². The van der Waals surface area contributed by atoms with E-state index in [1.165, 1.54) is 0 Å². The standard InChI is InChI=1S/C6H10O2/c7-4-1-2-5-6(3-4)8-5/h4-7H,1-3H2/t4?,5-,6-/m0/s1. The summed E-state index contributed by atoms with van der Waals surface area (Å²) in [6, 6.07) is 0. The van der Waals surface area contributed by atoms with Gasteiger partial charge in [-0.1, -0.05) is 0 Å². The van der Waals surface area contributed by atoms with Crippen LogP contribution in [0.5, 0.6) is 0 Å². The van der Waals surface area contributed by atoms with Gasteiger partial charge < -0.3 is 9.84 Å². The summed E-state index contributed by atoms with van der Waals surface area (Å²) < 4.78 is 5.19. The summed E-state index contributed by atoms with van der Waals surface area (Å²) >= 11 is 0. The van der Waals surface area contributed by atoms with Crippen molar-refractivity contribution in [2.45, 2.75) is 37.6 Å². The molecular weight excluding hydrogens is 104 g/mol. The number of fused-ring (bicyclic) bond motifs is 1. The molecule has 0 radical (unpaired) electrons. The Hall–Kier alpha value is -0.0800. The molecule has 0 amide bonds. The molecule has 1 saturated carbocycles. The van der Waals surface area contributed by atoms with Gasteiger partial charge in [-0.3, -0.25) is 0 Å². The maximum absolute atomic E-state index is 9.03. The summed E-state index contributed by atoms with van der Waals surface area (Å²) in [6.45, 7) is 0. The van der Waals surface area contributed by atoms with E-state index in [-0.39, 0.29) is 6.10 Å². The van der Waals surface area contributed by atoms with Gasteiger partial charge in [-0.25, -0.2) is 0 Å². The van der Waals surface area contributed by atoms with Gasteiger partial charge in [0.15, 0.2) is 0 Å². The second-order valence-electron chi connectivity index (χ2n) is 2.68. The highest BCUT2D eigenvalue weighted by atomic mass is 16.6. The highest BCUT2D eigenvalue weighted by Crippen LogP contribution is 2.36. The molecule has 0 aromatic carbocycles. The largest absolute Gasteiger partial charge is 0.393 e. The van der Waals surface area contributed by atoms with Crippen molar-refractivity contribution in [2.75, 3.05) is 0 Å². The van der Waals surface area contributed by atoms with E-state index in [0.717, 1.165) is 19.3 Å². The predicted octanol–water partition coefficient (Wildman–Crippen LogP) is 0.299. The van der Waals surface area contributed by atoms with Crippen LogP contribution in [0, 0.1) is 0 Å². The lowest BCUT2D eigenvalue weighted by Gasteiger charge is -2.10. The zero-order valence-electron chi connectivity index (χ0n) is 4.71. The molecule has 1 N–H and O–H groups in total. The van der Waals surface area contributed by atoms with E-state index in [1.807, 2.05) is 0 Å². The van der Waals surface area contributed by atoms with E-state index < -0.39 is 0 Å². The van der Waals surface area contributed by atoms with E-state index >= 15 is 0 Å². The van der Waals surface area contributed by atoms with E-state index in [2.05, 4.69) is 0 Å². The molecule has 0 bridgehead atoms. The van der Waals surface area contributed by atoms with Gasteiger partial charge in [0.1, 0.15) is 0 Å². The van der Waals surface area contributed by atoms with Crippen LogP contribution in [-0.2, 0) is 4.74 Å². The molecule has 0 spiro atoms. The van der Waals surface area contributed by atoms with Crippen LogP contribution < -0.4 is 0 Å². The smallest absolute Gasteiger partial charge is 0.0866 e. The van der Waals surface area contributed by atoms with E-state index in [0.29, 0.717) is 12.2 Å². The lowest BCUT2D eigenvalue weighted by molar-refractivity contribution is 0.139. The molecule has 1 aliphatic heterocycles. The van der Waals surface area contributed by atoms with Crippen LogP contribution in [0.15, 0.2) is 0 Å². The van der Waals surface area contributed by atoms with Crippen molar-refractivity contribution in [2.24, 2.45) is 0 Å². The molecule has 8 heavy (non-hydrogen) atoms. The zero-order chi connectivity index (χ0) is 5.56. The third-order valence-corrected chi connectivity index (χ3v) is 1.98. The summed E-state index contributed by atoms with van der Waals surface area (Å²) in [4.78, 5) is 0. The fourth-order valence-electron chi connectivity index (χ4n) is 1.38. The molecule has 3 atom stereocenters. The van der Waals surface area contributed by atoms with Crippen LogP contribution in [0.3, 0.4) is 0 Å². The van der Waals surface area contributed by atoms with Crippen molar-refractivity contribution in [1.82, 2.24) is 0 Å². The molecule has 2 fully saturated rings. The molecule has 1 heterocycles.